The van der Waals surface area contributed by atoms with Crippen molar-refractivity contribution in [1.82, 2.24) is 5.32 Å². The molecule has 4 nitrogen and oxygen atoms in total. The van der Waals surface area contributed by atoms with Gasteiger partial charge in [0.25, 0.3) is 5.91 Å². The minimum absolute atomic E-state index is 0.00538. The third-order valence-electron chi connectivity index (χ3n) is 3.94. The molecule has 1 amide bonds. The number of ketones is 1. The Bertz CT molecular complexity index is 665. The third-order valence-corrected chi connectivity index (χ3v) is 3.94. The molecule has 0 aromatic heterocycles. The molecule has 1 unspecified atom stereocenters. The summed E-state index contributed by atoms with van der Waals surface area (Å²) < 4.78 is 5.45. The first-order valence-electron chi connectivity index (χ1n) is 8.15. The van der Waals surface area contributed by atoms with E-state index in [9.17, 15) is 9.59 Å². The topological polar surface area (TPSA) is 55.4 Å². The summed E-state index contributed by atoms with van der Waals surface area (Å²) in [5, 5.41) is 2.91. The molecule has 0 aliphatic heterocycles. The summed E-state index contributed by atoms with van der Waals surface area (Å²) in [6.07, 6.45) is 0.956. The molecule has 1 atom stereocenters. The number of rotatable bonds is 8. The number of ether oxygens (including phenoxy) is 1. The molecular formula is C20H23NO3. The minimum Gasteiger partial charge on any atom is -0.484 e. The first-order chi connectivity index (χ1) is 11.6. The fourth-order valence-corrected chi connectivity index (χ4v) is 2.45. The summed E-state index contributed by atoms with van der Waals surface area (Å²) in [6.45, 7) is 4.17. The molecule has 0 saturated carbocycles. The van der Waals surface area contributed by atoms with Crippen LogP contribution in [-0.2, 0) is 4.79 Å². The highest BCUT2D eigenvalue weighted by molar-refractivity contribution is 5.94. The van der Waals surface area contributed by atoms with E-state index in [1.54, 1.807) is 24.3 Å². The minimum atomic E-state index is -0.153. The quantitative estimate of drug-likeness (QED) is 0.755. The molecule has 0 fully saturated rings. The van der Waals surface area contributed by atoms with E-state index < -0.39 is 0 Å². The molecule has 0 aliphatic rings. The molecule has 0 bridgehead atoms. The van der Waals surface area contributed by atoms with E-state index in [1.807, 2.05) is 18.2 Å². The molecule has 2 aromatic rings. The van der Waals surface area contributed by atoms with Gasteiger partial charge in [-0.1, -0.05) is 37.3 Å². The lowest BCUT2D eigenvalue weighted by Gasteiger charge is -2.16. The van der Waals surface area contributed by atoms with Crippen LogP contribution in [0, 0.1) is 0 Å². The molecule has 0 saturated heterocycles. The standard InChI is InChI=1S/C20H23NO3/c1-3-16(18-7-5-4-6-8-18)13-21-20(23)14-24-19-11-9-17(10-12-19)15(2)22/h4-12,16H,3,13-14H2,1-2H3,(H,21,23). The van der Waals surface area contributed by atoms with Crippen LogP contribution in [0.1, 0.15) is 42.1 Å². The van der Waals surface area contributed by atoms with E-state index in [0.29, 0.717) is 23.8 Å². The predicted molar refractivity (Wildman–Crippen MR) is 94.4 cm³/mol. The van der Waals surface area contributed by atoms with Gasteiger partial charge in [-0.05, 0) is 43.2 Å². The second kappa shape index (κ2) is 8.87. The number of carbonyl (C=O) groups is 2. The second-order valence-electron chi connectivity index (χ2n) is 5.69. The average Bonchev–Trinajstić information content (AvgIpc) is 2.61. The van der Waals surface area contributed by atoms with Crippen molar-refractivity contribution in [3.05, 3.63) is 65.7 Å². The summed E-state index contributed by atoms with van der Waals surface area (Å²) in [5.41, 5.74) is 1.85. The van der Waals surface area contributed by atoms with Gasteiger partial charge in [0.1, 0.15) is 5.75 Å². The monoisotopic (exact) mass is 325 g/mol. The van der Waals surface area contributed by atoms with Crippen LogP contribution < -0.4 is 10.1 Å². The Kier molecular flexibility index (Phi) is 6.55. The van der Waals surface area contributed by atoms with E-state index in [0.717, 1.165) is 6.42 Å². The predicted octanol–water partition coefficient (Wildman–Crippen LogP) is 3.58. The fourth-order valence-electron chi connectivity index (χ4n) is 2.45. The van der Waals surface area contributed by atoms with Crippen molar-refractivity contribution >= 4 is 11.7 Å². The first-order valence-corrected chi connectivity index (χ1v) is 8.15. The summed E-state index contributed by atoms with van der Waals surface area (Å²) in [4.78, 5) is 23.2. The Morgan fingerprint density at radius 2 is 1.71 bits per heavy atom. The normalized spacial score (nSPS) is 11.6. The average molecular weight is 325 g/mol. The van der Waals surface area contributed by atoms with Crippen LogP contribution in [0.5, 0.6) is 5.75 Å². The number of benzene rings is 2. The lowest BCUT2D eigenvalue weighted by atomic mass is 9.96. The fraction of sp³-hybridized carbons (Fsp3) is 0.300. The van der Waals surface area contributed by atoms with Crippen LogP contribution in [0.25, 0.3) is 0 Å². The number of carbonyl (C=O) groups excluding carboxylic acids is 2. The smallest absolute Gasteiger partial charge is 0.257 e. The van der Waals surface area contributed by atoms with Gasteiger partial charge in [0.2, 0.25) is 0 Å². The first kappa shape index (κ1) is 17.7. The van der Waals surface area contributed by atoms with E-state index >= 15 is 0 Å². The van der Waals surface area contributed by atoms with Gasteiger partial charge < -0.3 is 10.1 Å². The third kappa shape index (κ3) is 5.23. The van der Waals surface area contributed by atoms with Gasteiger partial charge in [-0.3, -0.25) is 9.59 Å². The van der Waals surface area contributed by atoms with E-state index in [1.165, 1.54) is 12.5 Å². The Morgan fingerprint density at radius 3 is 2.29 bits per heavy atom. The number of amides is 1. The van der Waals surface area contributed by atoms with Crippen molar-refractivity contribution < 1.29 is 14.3 Å². The highest BCUT2D eigenvalue weighted by Crippen LogP contribution is 2.18. The van der Waals surface area contributed by atoms with Crippen LogP contribution in [-0.4, -0.2) is 24.8 Å². The van der Waals surface area contributed by atoms with E-state index in [4.69, 9.17) is 4.74 Å². The maximum Gasteiger partial charge on any atom is 0.257 e. The van der Waals surface area contributed by atoms with E-state index in [-0.39, 0.29) is 18.3 Å². The number of Topliss-reactive ketones (excluding diaryl/α,β-unsaturated/α-hetero) is 1. The Labute approximate surface area is 142 Å². The summed E-state index contributed by atoms with van der Waals surface area (Å²) in [7, 11) is 0. The molecule has 4 heteroatoms. The van der Waals surface area contributed by atoms with Crippen LogP contribution in [0.3, 0.4) is 0 Å². The molecule has 2 aromatic carbocycles. The molecule has 24 heavy (non-hydrogen) atoms. The van der Waals surface area contributed by atoms with Gasteiger partial charge in [-0.25, -0.2) is 0 Å². The molecule has 0 radical (unpaired) electrons. The zero-order chi connectivity index (χ0) is 17.4. The number of hydrogen-bond donors (Lipinski definition) is 1. The zero-order valence-corrected chi connectivity index (χ0v) is 14.1. The number of nitrogens with one attached hydrogen (secondary N) is 1. The highest BCUT2D eigenvalue weighted by atomic mass is 16.5. The molecule has 0 heterocycles. The van der Waals surface area contributed by atoms with Gasteiger partial charge in [0.05, 0.1) is 0 Å². The lowest BCUT2D eigenvalue weighted by Crippen LogP contribution is -2.32. The second-order valence-corrected chi connectivity index (χ2v) is 5.69. The van der Waals surface area contributed by atoms with Gasteiger partial charge in [-0.2, -0.15) is 0 Å². The van der Waals surface area contributed by atoms with Crippen LogP contribution in [0.4, 0.5) is 0 Å². The van der Waals surface area contributed by atoms with E-state index in [2.05, 4.69) is 24.4 Å². The van der Waals surface area contributed by atoms with Crippen molar-refractivity contribution in [2.24, 2.45) is 0 Å². The van der Waals surface area contributed by atoms with Crippen molar-refractivity contribution in [1.29, 1.82) is 0 Å². The highest BCUT2D eigenvalue weighted by Gasteiger charge is 2.11. The van der Waals surface area contributed by atoms with Gasteiger partial charge in [0, 0.05) is 18.0 Å². The van der Waals surface area contributed by atoms with Crippen LogP contribution in [0.15, 0.2) is 54.6 Å². The Balaban J connectivity index is 1.79. The van der Waals surface area contributed by atoms with Crippen molar-refractivity contribution in [2.45, 2.75) is 26.2 Å². The summed E-state index contributed by atoms with van der Waals surface area (Å²) in [6, 6.07) is 16.9. The molecule has 0 spiro atoms. The summed E-state index contributed by atoms with van der Waals surface area (Å²) in [5.74, 6) is 0.723. The zero-order valence-electron chi connectivity index (χ0n) is 14.1. The Hall–Kier alpha value is -2.62. The van der Waals surface area contributed by atoms with Crippen LogP contribution in [0.2, 0.25) is 0 Å². The maximum atomic E-state index is 12.0. The molecule has 2 rings (SSSR count). The number of hydrogen-bond acceptors (Lipinski definition) is 3. The van der Waals surface area contributed by atoms with Gasteiger partial charge in [-0.15, -0.1) is 0 Å². The van der Waals surface area contributed by atoms with Gasteiger partial charge in [0.15, 0.2) is 12.4 Å². The molecule has 0 aliphatic carbocycles. The SMILES string of the molecule is CCC(CNC(=O)COc1ccc(C(C)=O)cc1)c1ccccc1. The van der Waals surface area contributed by atoms with Crippen molar-refractivity contribution in [3.63, 3.8) is 0 Å². The lowest BCUT2D eigenvalue weighted by molar-refractivity contribution is -0.123. The molecule has 126 valence electrons. The molecular weight excluding hydrogens is 302 g/mol. The van der Waals surface area contributed by atoms with Crippen molar-refractivity contribution in [2.75, 3.05) is 13.2 Å². The van der Waals surface area contributed by atoms with Crippen molar-refractivity contribution in [3.8, 4) is 5.75 Å². The largest absolute Gasteiger partial charge is 0.484 e. The van der Waals surface area contributed by atoms with Gasteiger partial charge >= 0.3 is 0 Å². The Morgan fingerprint density at radius 1 is 1.04 bits per heavy atom. The maximum absolute atomic E-state index is 12.0. The van der Waals surface area contributed by atoms with Crippen LogP contribution >= 0.6 is 0 Å². The molecule has 1 N–H and O–H groups in total. The summed E-state index contributed by atoms with van der Waals surface area (Å²) >= 11 is 0.